The molecule has 0 saturated carbocycles. The molecule has 0 spiro atoms. The number of ether oxygens (including phenoxy) is 2. The summed E-state index contributed by atoms with van der Waals surface area (Å²) in [5, 5.41) is 1.94. The first kappa shape index (κ1) is 14.4. The minimum atomic E-state index is -0.175. The van der Waals surface area contributed by atoms with Crippen LogP contribution in [0.1, 0.15) is 0 Å². The van der Waals surface area contributed by atoms with E-state index >= 15 is 0 Å². The molecular formula is C15H14N2O4S. The van der Waals surface area contributed by atoms with Crippen LogP contribution in [0.3, 0.4) is 0 Å². The Balaban J connectivity index is 2.44. The molecule has 2 aliphatic rings. The minimum absolute atomic E-state index is 0.175. The number of methoxy groups -OCH3 is 2. The molecule has 1 aromatic heterocycles. The summed E-state index contributed by atoms with van der Waals surface area (Å²) in [6, 6.07) is 6.70. The van der Waals surface area contributed by atoms with Gasteiger partial charge in [0.1, 0.15) is 18.4 Å². The average molecular weight is 318 g/mol. The monoisotopic (exact) mass is 318 g/mol. The van der Waals surface area contributed by atoms with Crippen LogP contribution in [0.25, 0.3) is 22.0 Å². The van der Waals surface area contributed by atoms with Gasteiger partial charge in [-0.05, 0) is 11.4 Å². The van der Waals surface area contributed by atoms with Crippen molar-refractivity contribution in [3.63, 3.8) is 0 Å². The third-order valence-electron chi connectivity index (χ3n) is 3.21. The molecule has 22 heavy (non-hydrogen) atoms. The highest BCUT2D eigenvalue weighted by atomic mass is 32.1. The Bertz CT molecular complexity index is 826. The molecule has 3 rings (SSSR count). The van der Waals surface area contributed by atoms with Crippen LogP contribution in [-0.4, -0.2) is 31.0 Å². The molecule has 0 radical (unpaired) electrons. The van der Waals surface area contributed by atoms with E-state index in [-0.39, 0.29) is 5.43 Å². The van der Waals surface area contributed by atoms with E-state index in [1.807, 2.05) is 17.5 Å². The summed E-state index contributed by atoms with van der Waals surface area (Å²) < 4.78 is 12.3. The molecular weight excluding hydrogens is 304 g/mol. The minimum Gasteiger partial charge on any atom is -0.496 e. The molecule has 1 aliphatic carbocycles. The zero-order valence-corrected chi connectivity index (χ0v) is 13.1. The van der Waals surface area contributed by atoms with Crippen LogP contribution in [0.5, 0.6) is 11.6 Å². The lowest BCUT2D eigenvalue weighted by Crippen LogP contribution is -2.17. The van der Waals surface area contributed by atoms with Gasteiger partial charge < -0.3 is 14.3 Å². The molecule has 0 saturated heterocycles. The molecule has 0 aromatic carbocycles. The maximum absolute atomic E-state index is 11.8. The van der Waals surface area contributed by atoms with E-state index < -0.39 is 0 Å². The Morgan fingerprint density at radius 1 is 1.18 bits per heavy atom. The van der Waals surface area contributed by atoms with Gasteiger partial charge in [-0.25, -0.2) is 4.98 Å². The van der Waals surface area contributed by atoms with E-state index in [0.29, 0.717) is 28.7 Å². The molecule has 0 fully saturated rings. The molecule has 0 bridgehead atoms. The van der Waals surface area contributed by atoms with Crippen molar-refractivity contribution >= 4 is 11.3 Å². The van der Waals surface area contributed by atoms with Crippen molar-refractivity contribution < 1.29 is 14.3 Å². The zero-order chi connectivity index (χ0) is 15.7. The first-order valence-electron chi connectivity index (χ1n) is 6.46. The van der Waals surface area contributed by atoms with E-state index in [1.54, 1.807) is 0 Å². The number of hydrogen-bond donors (Lipinski definition) is 0. The summed E-state index contributed by atoms with van der Waals surface area (Å²) in [5.74, 6) is 1.39. The van der Waals surface area contributed by atoms with Gasteiger partial charge in [-0.1, -0.05) is 6.07 Å². The van der Waals surface area contributed by atoms with Crippen LogP contribution in [0, 0.1) is 0 Å². The van der Waals surface area contributed by atoms with Gasteiger partial charge in [-0.3, -0.25) is 4.79 Å². The molecule has 2 heterocycles. The maximum atomic E-state index is 11.8. The van der Waals surface area contributed by atoms with Gasteiger partial charge in [0, 0.05) is 12.1 Å². The highest BCUT2D eigenvalue weighted by Gasteiger charge is 2.25. The Kier molecular flexibility index (Phi) is 3.72. The van der Waals surface area contributed by atoms with Crippen molar-refractivity contribution in [2.45, 2.75) is 0 Å². The molecule has 0 N–H and O–H groups in total. The third-order valence-corrected chi connectivity index (χ3v) is 4.08. The summed E-state index contributed by atoms with van der Waals surface area (Å²) in [5.41, 5.74) is 0.913. The van der Waals surface area contributed by atoms with Crippen LogP contribution >= 0.6 is 11.3 Å². The fraction of sp³-hybridized carbons (Fsp3) is 0.200. The quantitative estimate of drug-likeness (QED) is 0.737. The number of aromatic nitrogens is 2. The molecule has 0 unspecified atom stereocenters. The number of rotatable bonds is 4. The summed E-state index contributed by atoms with van der Waals surface area (Å²) in [6.07, 6.45) is 0. The Hall–Kier alpha value is -2.54. The molecule has 0 amide bonds. The Morgan fingerprint density at radius 3 is 2.59 bits per heavy atom. The highest BCUT2D eigenvalue weighted by molar-refractivity contribution is 7.13. The molecule has 6 nitrogen and oxygen atoms in total. The normalized spacial score (nSPS) is 10.7. The largest absolute Gasteiger partial charge is 0.496 e. The van der Waals surface area contributed by atoms with Crippen LogP contribution in [0.4, 0.5) is 0 Å². The van der Waals surface area contributed by atoms with Crippen molar-refractivity contribution in [3.05, 3.63) is 39.9 Å². The topological polar surface area (TPSA) is 62.6 Å². The number of fused-ring (bicyclic) bond motifs is 1. The number of hydrogen-bond acceptors (Lipinski definition) is 6. The predicted octanol–water partition coefficient (Wildman–Crippen LogP) is 2.15. The van der Waals surface area contributed by atoms with Gasteiger partial charge in [0.25, 0.3) is 0 Å². The second-order valence-corrected chi connectivity index (χ2v) is 5.37. The lowest BCUT2D eigenvalue weighted by atomic mass is 10.1. The molecule has 0 atom stereocenters. The highest BCUT2D eigenvalue weighted by Crippen LogP contribution is 2.40. The fourth-order valence-corrected chi connectivity index (χ4v) is 3.01. The lowest BCUT2D eigenvalue weighted by molar-refractivity contribution is 0.138. The van der Waals surface area contributed by atoms with E-state index in [9.17, 15) is 4.79 Å². The van der Waals surface area contributed by atoms with Gasteiger partial charge in [-0.2, -0.15) is 0 Å². The lowest BCUT2D eigenvalue weighted by Gasteiger charge is -2.20. The first-order chi connectivity index (χ1) is 10.7. The van der Waals surface area contributed by atoms with Gasteiger partial charge in [0.2, 0.25) is 5.88 Å². The van der Waals surface area contributed by atoms with E-state index in [4.69, 9.17) is 14.3 Å². The Morgan fingerprint density at radius 2 is 2.00 bits per heavy atom. The molecule has 114 valence electrons. The third kappa shape index (κ3) is 2.19. The second-order valence-electron chi connectivity index (χ2n) is 4.42. The van der Waals surface area contributed by atoms with Crippen LogP contribution in [-0.2, 0) is 0 Å². The van der Waals surface area contributed by atoms with Gasteiger partial charge in [-0.15, -0.1) is 16.1 Å². The van der Waals surface area contributed by atoms with Crippen molar-refractivity contribution in [1.82, 2.24) is 9.71 Å². The van der Waals surface area contributed by atoms with Crippen LogP contribution in [0.2, 0.25) is 0 Å². The smallest absolute Gasteiger partial charge is 0.242 e. The summed E-state index contributed by atoms with van der Waals surface area (Å²) in [4.78, 5) is 22.7. The molecule has 1 aromatic rings. The summed E-state index contributed by atoms with van der Waals surface area (Å²) in [6.45, 7) is 0. The number of benzene rings is 1. The van der Waals surface area contributed by atoms with Crippen LogP contribution in [0.15, 0.2) is 34.4 Å². The van der Waals surface area contributed by atoms with Crippen molar-refractivity contribution in [2.75, 3.05) is 21.3 Å². The Labute approximate surface area is 130 Å². The second kappa shape index (κ2) is 5.69. The van der Waals surface area contributed by atoms with Crippen molar-refractivity contribution in [1.29, 1.82) is 0 Å². The number of thiophene rings is 1. The van der Waals surface area contributed by atoms with E-state index in [2.05, 4.69) is 4.98 Å². The molecule has 1 aliphatic heterocycles. The van der Waals surface area contributed by atoms with Crippen molar-refractivity contribution in [3.8, 4) is 33.6 Å². The van der Waals surface area contributed by atoms with Crippen molar-refractivity contribution in [2.24, 2.45) is 0 Å². The van der Waals surface area contributed by atoms with E-state index in [0.717, 1.165) is 4.88 Å². The summed E-state index contributed by atoms with van der Waals surface area (Å²) in [7, 11) is 4.56. The first-order valence-corrected chi connectivity index (χ1v) is 7.34. The predicted molar refractivity (Wildman–Crippen MR) is 84.0 cm³/mol. The van der Waals surface area contributed by atoms with Crippen LogP contribution < -0.4 is 19.7 Å². The standard InChI is InChI=1S/C15H14N2O4S/c1-19-11-8-9(18)7-10-13(11)15(20-2)17(21-3)14(16-10)12-5-4-6-22-12/h4-8H,1-3H3. The van der Waals surface area contributed by atoms with E-state index in [1.165, 1.54) is 49.5 Å². The molecule has 7 heteroatoms. The zero-order valence-electron chi connectivity index (χ0n) is 12.3. The average Bonchev–Trinajstić information content (AvgIpc) is 3.06. The number of nitrogens with zero attached hydrogens (tertiary/aromatic N) is 2. The van der Waals surface area contributed by atoms with Gasteiger partial charge >= 0.3 is 0 Å². The van der Waals surface area contributed by atoms with Gasteiger partial charge in [0.15, 0.2) is 11.3 Å². The SMILES string of the molecule is COc1cc(=O)cc2nc(-c3cccs3)n(OC)c(OC)c1-2. The van der Waals surface area contributed by atoms with Gasteiger partial charge in [0.05, 0.1) is 24.8 Å². The summed E-state index contributed by atoms with van der Waals surface area (Å²) >= 11 is 1.52. The fourth-order valence-electron chi connectivity index (χ4n) is 2.31. The maximum Gasteiger partial charge on any atom is 0.242 e.